The van der Waals surface area contributed by atoms with Crippen LogP contribution < -0.4 is 10.7 Å². The summed E-state index contributed by atoms with van der Waals surface area (Å²) in [5.74, 6) is -1.23. The summed E-state index contributed by atoms with van der Waals surface area (Å²) in [6.07, 6.45) is 1.18. The van der Waals surface area contributed by atoms with Gasteiger partial charge in [0.25, 0.3) is 11.8 Å². The monoisotopic (exact) mass is 435 g/mol. The van der Waals surface area contributed by atoms with Gasteiger partial charge in [-0.15, -0.1) is 11.6 Å². The number of aromatic amines is 1. The van der Waals surface area contributed by atoms with Crippen molar-refractivity contribution in [3.63, 3.8) is 0 Å². The van der Waals surface area contributed by atoms with Gasteiger partial charge in [-0.2, -0.15) is 5.10 Å². The van der Waals surface area contributed by atoms with Gasteiger partial charge >= 0.3 is 6.09 Å². The molecule has 0 spiro atoms. The Morgan fingerprint density at radius 1 is 1.20 bits per heavy atom. The van der Waals surface area contributed by atoms with Crippen molar-refractivity contribution in [2.75, 3.05) is 5.88 Å². The van der Waals surface area contributed by atoms with Crippen LogP contribution in [-0.2, 0) is 27.5 Å². The number of alkyl halides is 1. The van der Waals surface area contributed by atoms with Gasteiger partial charge in [0.15, 0.2) is 0 Å². The zero-order valence-corrected chi connectivity index (χ0v) is 17.7. The Balaban J connectivity index is 1.99. The van der Waals surface area contributed by atoms with Crippen molar-refractivity contribution < 1.29 is 19.1 Å². The summed E-state index contributed by atoms with van der Waals surface area (Å²) in [7, 11) is 0. The maximum absolute atomic E-state index is 12.8. The third kappa shape index (κ3) is 7.75. The second-order valence-electron chi connectivity index (χ2n) is 7.06. The van der Waals surface area contributed by atoms with Gasteiger partial charge in [-0.25, -0.2) is 9.80 Å². The summed E-state index contributed by atoms with van der Waals surface area (Å²) in [5.41, 5.74) is 3.98. The number of amides is 3. The predicted octanol–water partition coefficient (Wildman–Crippen LogP) is 2.35. The molecular formula is C20H26ClN5O4. The molecule has 0 bridgehead atoms. The van der Waals surface area contributed by atoms with E-state index < -0.39 is 23.9 Å². The first-order chi connectivity index (χ1) is 14.4. The number of aromatic nitrogens is 2. The molecule has 3 N–H and O–H groups in total. The van der Waals surface area contributed by atoms with Crippen LogP contribution in [0.1, 0.15) is 31.5 Å². The quantitative estimate of drug-likeness (QED) is 0.413. The van der Waals surface area contributed by atoms with Crippen molar-refractivity contribution >= 4 is 29.5 Å². The van der Waals surface area contributed by atoms with E-state index >= 15 is 0 Å². The van der Waals surface area contributed by atoms with Crippen LogP contribution in [0, 0.1) is 5.92 Å². The van der Waals surface area contributed by atoms with Gasteiger partial charge < -0.3 is 10.1 Å². The van der Waals surface area contributed by atoms with Crippen LogP contribution in [-0.4, -0.2) is 45.0 Å². The number of hydrogen-bond acceptors (Lipinski definition) is 5. The molecule has 162 valence electrons. The van der Waals surface area contributed by atoms with E-state index in [2.05, 4.69) is 20.9 Å². The molecule has 2 aromatic rings. The number of carbonyl (C=O) groups excluding carboxylic acids is 3. The standard InChI is InChI=1S/C20H26ClN5O4/c1-14(2)10-17(23-20(29)30-13-15-6-4-3-5-7-15)19(28)25-26(18(27)11-21)12-16-8-9-22-24-16/h3-9,14,17H,10-13H2,1-2H3,(H,22,24)(H,23,29)(H,25,28)/t17-/m0/s1. The fraction of sp³-hybridized carbons (Fsp3) is 0.400. The molecule has 0 aliphatic rings. The SMILES string of the molecule is CC(C)C[C@H](NC(=O)OCc1ccccc1)C(=O)NN(Cc1ccn[nH]1)C(=O)CCl. The fourth-order valence-electron chi connectivity index (χ4n) is 2.63. The minimum Gasteiger partial charge on any atom is -0.445 e. The van der Waals surface area contributed by atoms with Gasteiger partial charge in [0.1, 0.15) is 18.5 Å². The Kier molecular flexibility index (Phi) is 9.14. The van der Waals surface area contributed by atoms with E-state index in [9.17, 15) is 14.4 Å². The molecule has 1 atom stereocenters. The summed E-state index contributed by atoms with van der Waals surface area (Å²) in [6.45, 7) is 3.98. The Hall–Kier alpha value is -3.07. The lowest BCUT2D eigenvalue weighted by Crippen LogP contribution is -2.54. The normalized spacial score (nSPS) is 11.6. The number of alkyl carbamates (subject to hydrolysis) is 1. The van der Waals surface area contributed by atoms with Gasteiger partial charge in [0.2, 0.25) is 0 Å². The van der Waals surface area contributed by atoms with Crippen LogP contribution >= 0.6 is 11.6 Å². The zero-order valence-electron chi connectivity index (χ0n) is 16.9. The van der Waals surface area contributed by atoms with Crippen LogP contribution in [0.15, 0.2) is 42.6 Å². The molecule has 0 radical (unpaired) electrons. The minimum atomic E-state index is -0.888. The van der Waals surface area contributed by atoms with Crippen LogP contribution in [0.5, 0.6) is 0 Å². The number of nitrogens with zero attached hydrogens (tertiary/aromatic N) is 2. The molecule has 0 aliphatic carbocycles. The predicted molar refractivity (Wildman–Crippen MR) is 111 cm³/mol. The molecule has 2 rings (SSSR count). The maximum Gasteiger partial charge on any atom is 0.408 e. The number of halogens is 1. The van der Waals surface area contributed by atoms with Crippen LogP contribution in [0.2, 0.25) is 0 Å². The molecule has 0 saturated heterocycles. The first kappa shape index (κ1) is 23.2. The summed E-state index contributed by atoms with van der Waals surface area (Å²) >= 11 is 5.66. The molecule has 0 aliphatic heterocycles. The van der Waals surface area contributed by atoms with Crippen molar-refractivity contribution in [1.29, 1.82) is 0 Å². The van der Waals surface area contributed by atoms with Crippen molar-refractivity contribution in [3.8, 4) is 0 Å². The van der Waals surface area contributed by atoms with E-state index in [1.54, 1.807) is 6.07 Å². The van der Waals surface area contributed by atoms with Gasteiger partial charge in [0, 0.05) is 6.20 Å². The number of carbonyl (C=O) groups is 3. The topological polar surface area (TPSA) is 116 Å². The highest BCUT2D eigenvalue weighted by atomic mass is 35.5. The molecule has 9 nitrogen and oxygen atoms in total. The second-order valence-corrected chi connectivity index (χ2v) is 7.33. The molecule has 0 unspecified atom stereocenters. The lowest BCUT2D eigenvalue weighted by Gasteiger charge is -2.26. The molecule has 0 saturated carbocycles. The number of ether oxygens (including phenoxy) is 1. The van der Waals surface area contributed by atoms with Crippen LogP contribution in [0.4, 0.5) is 4.79 Å². The van der Waals surface area contributed by atoms with E-state index in [4.69, 9.17) is 16.3 Å². The minimum absolute atomic E-state index is 0.0597. The molecule has 3 amide bonds. The average molecular weight is 436 g/mol. The molecular weight excluding hydrogens is 410 g/mol. The molecule has 1 heterocycles. The van der Waals surface area contributed by atoms with E-state index in [1.807, 2.05) is 44.2 Å². The zero-order chi connectivity index (χ0) is 21.9. The molecule has 1 aromatic heterocycles. The molecule has 1 aromatic carbocycles. The number of hydrazine groups is 1. The number of nitrogens with one attached hydrogen (secondary N) is 3. The lowest BCUT2D eigenvalue weighted by molar-refractivity contribution is -0.141. The third-order valence-corrected chi connectivity index (χ3v) is 4.30. The van der Waals surface area contributed by atoms with Gasteiger partial charge in [-0.3, -0.25) is 20.1 Å². The first-order valence-electron chi connectivity index (χ1n) is 9.51. The maximum atomic E-state index is 12.8. The van der Waals surface area contributed by atoms with Crippen molar-refractivity contribution in [1.82, 2.24) is 25.9 Å². The number of rotatable bonds is 9. The highest BCUT2D eigenvalue weighted by molar-refractivity contribution is 6.27. The summed E-state index contributed by atoms with van der Waals surface area (Å²) in [4.78, 5) is 37.2. The van der Waals surface area contributed by atoms with E-state index in [0.29, 0.717) is 12.1 Å². The van der Waals surface area contributed by atoms with Crippen molar-refractivity contribution in [2.45, 2.75) is 39.5 Å². The van der Waals surface area contributed by atoms with Gasteiger partial charge in [-0.05, 0) is 24.0 Å². The highest BCUT2D eigenvalue weighted by Gasteiger charge is 2.26. The third-order valence-electron chi connectivity index (χ3n) is 4.08. The summed E-state index contributed by atoms with van der Waals surface area (Å²) < 4.78 is 5.20. The van der Waals surface area contributed by atoms with Gasteiger partial charge in [0.05, 0.1) is 12.2 Å². The fourth-order valence-corrected chi connectivity index (χ4v) is 2.77. The van der Waals surface area contributed by atoms with E-state index in [-0.39, 0.29) is 24.9 Å². The molecule has 0 fully saturated rings. The van der Waals surface area contributed by atoms with Crippen LogP contribution in [0.25, 0.3) is 0 Å². The van der Waals surface area contributed by atoms with Gasteiger partial charge in [-0.1, -0.05) is 44.2 Å². The van der Waals surface area contributed by atoms with Crippen LogP contribution in [0.3, 0.4) is 0 Å². The Bertz CT molecular complexity index is 814. The van der Waals surface area contributed by atoms with Crippen molar-refractivity contribution in [3.05, 3.63) is 53.9 Å². The second kappa shape index (κ2) is 11.8. The van der Waals surface area contributed by atoms with E-state index in [1.165, 1.54) is 6.20 Å². The first-order valence-corrected chi connectivity index (χ1v) is 10.0. The Morgan fingerprint density at radius 3 is 2.53 bits per heavy atom. The van der Waals surface area contributed by atoms with Crippen molar-refractivity contribution in [2.24, 2.45) is 5.92 Å². The number of benzene rings is 1. The highest BCUT2D eigenvalue weighted by Crippen LogP contribution is 2.08. The Labute approximate surface area is 180 Å². The number of H-pyrrole nitrogens is 1. The lowest BCUT2D eigenvalue weighted by atomic mass is 10.0. The Morgan fingerprint density at radius 2 is 1.93 bits per heavy atom. The summed E-state index contributed by atoms with van der Waals surface area (Å²) in [6, 6.07) is 9.99. The van der Waals surface area contributed by atoms with E-state index in [0.717, 1.165) is 10.6 Å². The average Bonchev–Trinajstić information content (AvgIpc) is 3.24. The number of hydrogen-bond donors (Lipinski definition) is 3. The molecule has 10 heteroatoms. The smallest absolute Gasteiger partial charge is 0.408 e. The summed E-state index contributed by atoms with van der Waals surface area (Å²) in [5, 5.41) is 10.2. The largest absolute Gasteiger partial charge is 0.445 e. The molecule has 30 heavy (non-hydrogen) atoms.